The van der Waals surface area contributed by atoms with Gasteiger partial charge >= 0.3 is 0 Å². The molecule has 1 aromatic heterocycles. The third-order valence-corrected chi connectivity index (χ3v) is 0.864. The number of nitrogens with one attached hydrogen (secondary N) is 1. The summed E-state index contributed by atoms with van der Waals surface area (Å²) in [6.45, 7) is 0. The smallest absolute Gasteiger partial charge is 0.225 e. The third kappa shape index (κ3) is 1.28. The first-order valence-corrected chi connectivity index (χ1v) is 2.52. The van der Waals surface area contributed by atoms with E-state index < -0.39 is 0 Å². The van der Waals surface area contributed by atoms with E-state index in [0.717, 1.165) is 0 Å². The Bertz CT molecular complexity index is 201. The van der Waals surface area contributed by atoms with Gasteiger partial charge in [-0.3, -0.25) is 0 Å². The summed E-state index contributed by atoms with van der Waals surface area (Å²) in [4.78, 5) is 7.40. The van der Waals surface area contributed by atoms with Crippen LogP contribution in [-0.4, -0.2) is 22.1 Å². The van der Waals surface area contributed by atoms with Crippen LogP contribution < -0.4 is 5.32 Å². The zero-order chi connectivity index (χ0) is 6.69. The molecule has 1 aromatic rings. The van der Waals surface area contributed by atoms with E-state index in [1.807, 2.05) is 0 Å². The fourth-order valence-corrected chi connectivity index (χ4v) is 0.470. The molecule has 0 aliphatic carbocycles. The summed E-state index contributed by atoms with van der Waals surface area (Å²) in [5, 5.41) is 11.4. The van der Waals surface area contributed by atoms with Crippen molar-refractivity contribution in [3.05, 3.63) is 12.3 Å². The predicted octanol–water partition coefficient (Wildman–Crippen LogP) is 0.224. The summed E-state index contributed by atoms with van der Waals surface area (Å²) < 4.78 is 0. The lowest BCUT2D eigenvalue weighted by Gasteiger charge is -1.94. The van der Waals surface area contributed by atoms with Crippen LogP contribution in [0.1, 0.15) is 0 Å². The first-order chi connectivity index (χ1) is 4.33. The standard InChI is InChI=1S/C5H7N3O/c1-6-5-7-3-2-4(9)8-5/h2-3H,1H3,(H2,6,7,8,9). The summed E-state index contributed by atoms with van der Waals surface area (Å²) in [6.07, 6.45) is 1.48. The van der Waals surface area contributed by atoms with E-state index in [1.165, 1.54) is 12.3 Å². The van der Waals surface area contributed by atoms with Crippen molar-refractivity contribution in [2.24, 2.45) is 0 Å². The van der Waals surface area contributed by atoms with Gasteiger partial charge in [0.05, 0.1) is 0 Å². The van der Waals surface area contributed by atoms with Crippen LogP contribution in [-0.2, 0) is 0 Å². The topological polar surface area (TPSA) is 58.0 Å². The minimum atomic E-state index is -0.0191. The lowest BCUT2D eigenvalue weighted by molar-refractivity contribution is 0.453. The van der Waals surface area contributed by atoms with Gasteiger partial charge in [0.2, 0.25) is 11.8 Å². The molecule has 4 nitrogen and oxygen atoms in total. The van der Waals surface area contributed by atoms with Crippen LogP contribution in [0.15, 0.2) is 12.3 Å². The Kier molecular flexibility index (Phi) is 1.48. The average molecular weight is 125 g/mol. The number of hydrogen-bond donors (Lipinski definition) is 2. The first-order valence-electron chi connectivity index (χ1n) is 2.52. The van der Waals surface area contributed by atoms with Crippen LogP contribution in [0.4, 0.5) is 5.95 Å². The van der Waals surface area contributed by atoms with Crippen LogP contribution in [0.25, 0.3) is 0 Å². The molecule has 2 N–H and O–H groups in total. The largest absolute Gasteiger partial charge is 0.493 e. The molecule has 0 aliphatic rings. The summed E-state index contributed by atoms with van der Waals surface area (Å²) in [7, 11) is 1.69. The molecule has 48 valence electrons. The average Bonchev–Trinajstić information content (AvgIpc) is 1.88. The van der Waals surface area contributed by atoms with Crippen LogP contribution in [0.5, 0.6) is 5.88 Å². The van der Waals surface area contributed by atoms with Gasteiger partial charge < -0.3 is 10.4 Å². The van der Waals surface area contributed by atoms with Crippen molar-refractivity contribution in [3.8, 4) is 5.88 Å². The highest BCUT2D eigenvalue weighted by molar-refractivity contribution is 5.25. The van der Waals surface area contributed by atoms with E-state index in [-0.39, 0.29) is 5.88 Å². The Balaban J connectivity index is 2.94. The molecule has 0 bridgehead atoms. The number of aromatic nitrogens is 2. The molecule has 4 heteroatoms. The van der Waals surface area contributed by atoms with Crippen molar-refractivity contribution < 1.29 is 5.11 Å². The predicted molar refractivity (Wildman–Crippen MR) is 33.2 cm³/mol. The monoisotopic (exact) mass is 125 g/mol. The van der Waals surface area contributed by atoms with Crippen molar-refractivity contribution in [1.29, 1.82) is 0 Å². The van der Waals surface area contributed by atoms with E-state index in [9.17, 15) is 0 Å². The molecule has 1 rings (SSSR count). The zero-order valence-electron chi connectivity index (χ0n) is 5.00. The molecular weight excluding hydrogens is 118 g/mol. The molecule has 0 saturated carbocycles. The molecule has 0 atom stereocenters. The van der Waals surface area contributed by atoms with Gasteiger partial charge in [-0.1, -0.05) is 0 Å². The van der Waals surface area contributed by atoms with E-state index in [4.69, 9.17) is 5.11 Å². The van der Waals surface area contributed by atoms with Gasteiger partial charge in [0, 0.05) is 19.3 Å². The molecule has 0 amide bonds. The molecule has 0 fully saturated rings. The Morgan fingerprint density at radius 3 is 2.89 bits per heavy atom. The number of nitrogens with zero attached hydrogens (tertiary/aromatic N) is 2. The maximum absolute atomic E-state index is 8.75. The Morgan fingerprint density at radius 1 is 1.67 bits per heavy atom. The molecule has 0 spiro atoms. The van der Waals surface area contributed by atoms with Crippen LogP contribution >= 0.6 is 0 Å². The zero-order valence-corrected chi connectivity index (χ0v) is 5.00. The molecule has 0 aliphatic heterocycles. The second kappa shape index (κ2) is 2.30. The molecule has 0 radical (unpaired) electrons. The van der Waals surface area contributed by atoms with Crippen molar-refractivity contribution in [2.45, 2.75) is 0 Å². The normalized spacial score (nSPS) is 9.00. The number of hydrogen-bond acceptors (Lipinski definition) is 4. The van der Waals surface area contributed by atoms with Crippen molar-refractivity contribution in [2.75, 3.05) is 12.4 Å². The van der Waals surface area contributed by atoms with Crippen molar-refractivity contribution in [3.63, 3.8) is 0 Å². The fourth-order valence-electron chi connectivity index (χ4n) is 0.470. The van der Waals surface area contributed by atoms with Crippen LogP contribution in [0.2, 0.25) is 0 Å². The maximum Gasteiger partial charge on any atom is 0.225 e. The van der Waals surface area contributed by atoms with Gasteiger partial charge in [-0.2, -0.15) is 4.98 Å². The Labute approximate surface area is 52.6 Å². The van der Waals surface area contributed by atoms with Gasteiger partial charge in [-0.05, 0) is 0 Å². The number of anilines is 1. The quantitative estimate of drug-likeness (QED) is 0.563. The molecule has 1 heterocycles. The van der Waals surface area contributed by atoms with E-state index in [0.29, 0.717) is 5.95 Å². The number of aromatic hydroxyl groups is 1. The highest BCUT2D eigenvalue weighted by atomic mass is 16.3. The van der Waals surface area contributed by atoms with Gasteiger partial charge in [-0.15, -0.1) is 0 Å². The van der Waals surface area contributed by atoms with Crippen LogP contribution in [0.3, 0.4) is 0 Å². The SMILES string of the molecule is CNc1nccc(O)n1. The number of rotatable bonds is 1. The van der Waals surface area contributed by atoms with Gasteiger partial charge in [-0.25, -0.2) is 4.98 Å². The van der Waals surface area contributed by atoms with E-state index >= 15 is 0 Å². The van der Waals surface area contributed by atoms with Crippen LogP contribution in [0, 0.1) is 0 Å². The molecule has 0 saturated heterocycles. The maximum atomic E-state index is 8.75. The second-order valence-electron chi connectivity index (χ2n) is 1.49. The van der Waals surface area contributed by atoms with Gasteiger partial charge in [0.1, 0.15) is 0 Å². The summed E-state index contributed by atoms with van der Waals surface area (Å²) in [6, 6.07) is 1.42. The van der Waals surface area contributed by atoms with Gasteiger partial charge in [0.15, 0.2) is 0 Å². The van der Waals surface area contributed by atoms with Crippen molar-refractivity contribution in [1.82, 2.24) is 9.97 Å². The Morgan fingerprint density at radius 2 is 2.44 bits per heavy atom. The first kappa shape index (κ1) is 5.81. The molecule has 9 heavy (non-hydrogen) atoms. The summed E-state index contributed by atoms with van der Waals surface area (Å²) in [5.74, 6) is 0.407. The van der Waals surface area contributed by atoms with Gasteiger partial charge in [0.25, 0.3) is 0 Å². The fraction of sp³-hybridized carbons (Fsp3) is 0.200. The van der Waals surface area contributed by atoms with E-state index in [1.54, 1.807) is 7.05 Å². The third-order valence-electron chi connectivity index (χ3n) is 0.864. The van der Waals surface area contributed by atoms with Crippen molar-refractivity contribution >= 4 is 5.95 Å². The molecular formula is C5H7N3O. The highest BCUT2D eigenvalue weighted by Crippen LogP contribution is 2.03. The summed E-state index contributed by atoms with van der Waals surface area (Å²) >= 11 is 0. The highest BCUT2D eigenvalue weighted by Gasteiger charge is 1.90. The minimum absolute atomic E-state index is 0.0191. The van der Waals surface area contributed by atoms with E-state index in [2.05, 4.69) is 15.3 Å². The second-order valence-corrected chi connectivity index (χ2v) is 1.49. The lowest BCUT2D eigenvalue weighted by atomic mass is 10.6. The Hall–Kier alpha value is -1.32. The molecule has 0 aromatic carbocycles. The summed E-state index contributed by atoms with van der Waals surface area (Å²) in [5.41, 5.74) is 0. The molecule has 0 unspecified atom stereocenters. The minimum Gasteiger partial charge on any atom is -0.493 e. The lowest BCUT2D eigenvalue weighted by Crippen LogP contribution is -1.93.